The number of rotatable bonds is 12. The van der Waals surface area contributed by atoms with E-state index in [1.807, 2.05) is 35.2 Å². The number of amides is 2. The Hall–Kier alpha value is -4.14. The third-order valence-corrected chi connectivity index (χ3v) is 11.2. The summed E-state index contributed by atoms with van der Waals surface area (Å²) in [5.41, 5.74) is 4.00. The fraction of sp³-hybridized carbons (Fsp3) is 0.522. The minimum Gasteiger partial charge on any atom is -0.389 e. The number of allylic oxidation sites excluding steroid dienone is 8. The molecule has 0 aromatic heterocycles. The van der Waals surface area contributed by atoms with Crippen molar-refractivity contribution in [3.8, 4) is 0 Å². The number of hydrogen-bond donors (Lipinski definition) is 2. The SMILES string of the molecule is CC(C)=CCC/C(C)=C/[C@H]1N(c2ccccc2)C(=O)CC12C[C@H](O)C=CC2=O.CCCCN1C(=O)CC2(C[C@H](O)C=CC2=O)[C@H]1/C=C(\C)CCC=C(C)C. The molecule has 8 heteroatoms. The van der Waals surface area contributed by atoms with Crippen LogP contribution in [-0.2, 0) is 19.2 Å². The van der Waals surface area contributed by atoms with Gasteiger partial charge in [-0.05, 0) is 111 Å². The van der Waals surface area contributed by atoms with E-state index in [2.05, 4.69) is 72.8 Å². The highest BCUT2D eigenvalue weighted by atomic mass is 16.3. The lowest BCUT2D eigenvalue weighted by Crippen LogP contribution is -2.47. The number of anilines is 1. The van der Waals surface area contributed by atoms with Gasteiger partial charge < -0.3 is 20.0 Å². The molecule has 2 unspecified atom stereocenters. The number of nitrogens with zero attached hydrogens (tertiary/aromatic N) is 2. The van der Waals surface area contributed by atoms with Crippen molar-refractivity contribution in [1.29, 1.82) is 0 Å². The minimum atomic E-state index is -0.904. The van der Waals surface area contributed by atoms with Gasteiger partial charge in [0, 0.05) is 25.1 Å². The van der Waals surface area contributed by atoms with E-state index in [1.54, 1.807) is 11.0 Å². The van der Waals surface area contributed by atoms with Crippen LogP contribution in [-0.4, -0.2) is 69.3 Å². The van der Waals surface area contributed by atoms with Crippen LogP contribution < -0.4 is 4.90 Å². The summed E-state index contributed by atoms with van der Waals surface area (Å²) in [7, 11) is 0. The van der Waals surface area contributed by atoms with E-state index in [1.165, 1.54) is 34.9 Å². The largest absolute Gasteiger partial charge is 0.389 e. The summed E-state index contributed by atoms with van der Waals surface area (Å²) in [6.07, 6.45) is 19.8. The van der Waals surface area contributed by atoms with Crippen LogP contribution in [0.3, 0.4) is 0 Å². The molecule has 1 aromatic carbocycles. The van der Waals surface area contributed by atoms with Crippen molar-refractivity contribution >= 4 is 29.1 Å². The Morgan fingerprint density at radius 2 is 1.20 bits per heavy atom. The van der Waals surface area contributed by atoms with E-state index in [4.69, 9.17) is 0 Å². The molecule has 0 saturated carbocycles. The van der Waals surface area contributed by atoms with Crippen LogP contribution in [0, 0.1) is 10.8 Å². The van der Waals surface area contributed by atoms with E-state index in [-0.39, 0.29) is 54.7 Å². The zero-order valence-electron chi connectivity index (χ0n) is 33.5. The topological polar surface area (TPSA) is 115 Å². The molecule has 1 aromatic rings. The van der Waals surface area contributed by atoms with Gasteiger partial charge in [0.1, 0.15) is 0 Å². The highest BCUT2D eigenvalue weighted by Crippen LogP contribution is 2.48. The van der Waals surface area contributed by atoms with E-state index < -0.39 is 23.0 Å². The number of ketones is 2. The van der Waals surface area contributed by atoms with Crippen LogP contribution in [0.1, 0.15) is 113 Å². The molecule has 292 valence electrons. The second kappa shape index (κ2) is 18.9. The van der Waals surface area contributed by atoms with Crippen molar-refractivity contribution in [2.45, 2.75) is 137 Å². The molecule has 2 aliphatic heterocycles. The van der Waals surface area contributed by atoms with Crippen LogP contribution in [0.15, 0.2) is 101 Å². The standard InChI is InChI=1S/C24H29NO3.C22H33NO3/c1-17(2)8-7-9-18(3)14-21-24(15-20(26)12-13-22(24)27)16-23(28)25(21)19-10-5-4-6-11-19;1-5-6-12-23-19(13-17(4)9-7-8-16(2)3)22(15-21(23)26)14-18(24)10-11-20(22)25/h4-6,8,10-14,20-21,26H,7,9,15-16H2,1-3H3;8,10-11,13,18-19,24H,5-7,9,12,14-15H2,1-4H3/b18-14+;17-13+/t20-,21-,24?;18-,19-,22?/m11/s1. The Labute approximate surface area is 323 Å². The summed E-state index contributed by atoms with van der Waals surface area (Å²) in [5.74, 6) is -0.121. The van der Waals surface area contributed by atoms with Gasteiger partial charge in [-0.3, -0.25) is 19.2 Å². The number of unbranched alkanes of at least 4 members (excludes halogenated alkanes) is 1. The monoisotopic (exact) mass is 738 g/mol. The van der Waals surface area contributed by atoms with Gasteiger partial charge in [-0.2, -0.15) is 0 Å². The lowest BCUT2D eigenvalue weighted by Gasteiger charge is -2.37. The van der Waals surface area contributed by atoms with Crippen molar-refractivity contribution in [1.82, 2.24) is 4.90 Å². The fourth-order valence-electron chi connectivity index (χ4n) is 8.31. The summed E-state index contributed by atoms with van der Waals surface area (Å²) < 4.78 is 0. The molecule has 2 saturated heterocycles. The van der Waals surface area contributed by atoms with Crippen molar-refractivity contribution < 1.29 is 29.4 Å². The van der Waals surface area contributed by atoms with Gasteiger partial charge in [0.25, 0.3) is 0 Å². The summed E-state index contributed by atoms with van der Waals surface area (Å²) in [6, 6.07) is 8.86. The van der Waals surface area contributed by atoms with Crippen LogP contribution in [0.2, 0.25) is 0 Å². The maximum Gasteiger partial charge on any atom is 0.228 e. The van der Waals surface area contributed by atoms with Gasteiger partial charge in [0.05, 0.1) is 35.1 Å². The molecule has 2 amide bonds. The lowest BCUT2D eigenvalue weighted by molar-refractivity contribution is -0.129. The second-order valence-electron chi connectivity index (χ2n) is 16.3. The number of para-hydroxylation sites is 1. The molecule has 6 atom stereocenters. The molecule has 2 fully saturated rings. The average Bonchev–Trinajstić information content (AvgIpc) is 3.52. The number of carbonyl (C=O) groups is 4. The smallest absolute Gasteiger partial charge is 0.228 e. The predicted octanol–water partition coefficient (Wildman–Crippen LogP) is 8.32. The second-order valence-corrected chi connectivity index (χ2v) is 16.3. The highest BCUT2D eigenvalue weighted by molar-refractivity contribution is 6.08. The van der Waals surface area contributed by atoms with E-state index in [9.17, 15) is 29.4 Å². The highest BCUT2D eigenvalue weighted by Gasteiger charge is 2.57. The van der Waals surface area contributed by atoms with Crippen molar-refractivity contribution in [2.75, 3.05) is 11.4 Å². The maximum atomic E-state index is 13.0. The number of aliphatic hydroxyl groups is 2. The fourth-order valence-corrected chi connectivity index (χ4v) is 8.31. The number of aliphatic hydroxyl groups excluding tert-OH is 2. The van der Waals surface area contributed by atoms with E-state index >= 15 is 0 Å². The Morgan fingerprint density at radius 1 is 0.722 bits per heavy atom. The van der Waals surface area contributed by atoms with Gasteiger partial charge in [0.15, 0.2) is 11.6 Å². The Kier molecular flexibility index (Phi) is 14.9. The Balaban J connectivity index is 0.000000241. The molecule has 2 spiro atoms. The van der Waals surface area contributed by atoms with Crippen LogP contribution in [0.4, 0.5) is 5.69 Å². The molecular formula is C46H62N2O6. The van der Waals surface area contributed by atoms with Crippen molar-refractivity contribution in [2.24, 2.45) is 10.8 Å². The Morgan fingerprint density at radius 3 is 1.70 bits per heavy atom. The van der Waals surface area contributed by atoms with Crippen LogP contribution in [0.5, 0.6) is 0 Å². The number of benzene rings is 1. The van der Waals surface area contributed by atoms with E-state index in [0.717, 1.165) is 49.8 Å². The molecule has 54 heavy (non-hydrogen) atoms. The summed E-state index contributed by atoms with van der Waals surface area (Å²) in [5, 5.41) is 20.4. The normalized spacial score (nSPS) is 28.2. The summed E-state index contributed by atoms with van der Waals surface area (Å²) in [6.45, 7) is 15.2. The number of carbonyl (C=O) groups excluding carboxylic acids is 4. The lowest BCUT2D eigenvalue weighted by atomic mass is 9.69. The number of likely N-dealkylation sites (tertiary alicyclic amines) is 1. The third kappa shape index (κ3) is 10.1. The van der Waals surface area contributed by atoms with E-state index in [0.29, 0.717) is 13.0 Å². The molecule has 0 radical (unpaired) electrons. The Bertz CT molecular complexity index is 1710. The molecule has 2 N–H and O–H groups in total. The quantitative estimate of drug-likeness (QED) is 0.209. The molecule has 4 aliphatic rings. The number of hydrogen-bond acceptors (Lipinski definition) is 6. The van der Waals surface area contributed by atoms with Gasteiger partial charge in [-0.25, -0.2) is 0 Å². The third-order valence-electron chi connectivity index (χ3n) is 11.2. The predicted molar refractivity (Wildman–Crippen MR) is 217 cm³/mol. The van der Waals surface area contributed by atoms with Crippen molar-refractivity contribution in [3.63, 3.8) is 0 Å². The van der Waals surface area contributed by atoms with Crippen molar-refractivity contribution in [3.05, 3.63) is 101 Å². The first-order chi connectivity index (χ1) is 25.6. The summed E-state index contributed by atoms with van der Waals surface area (Å²) in [4.78, 5) is 55.1. The molecular weight excluding hydrogens is 677 g/mol. The van der Waals surface area contributed by atoms with Gasteiger partial charge in [-0.15, -0.1) is 0 Å². The first-order valence-electron chi connectivity index (χ1n) is 19.7. The summed E-state index contributed by atoms with van der Waals surface area (Å²) >= 11 is 0. The molecule has 2 aliphatic carbocycles. The molecule has 8 nitrogen and oxygen atoms in total. The first-order valence-corrected chi connectivity index (χ1v) is 19.7. The molecule has 0 bridgehead atoms. The van der Waals surface area contributed by atoms with Crippen LogP contribution in [0.25, 0.3) is 0 Å². The molecule has 2 heterocycles. The maximum absolute atomic E-state index is 13.0. The van der Waals surface area contributed by atoms with Gasteiger partial charge >= 0.3 is 0 Å². The van der Waals surface area contributed by atoms with Gasteiger partial charge in [-0.1, -0.05) is 90.3 Å². The van der Waals surface area contributed by atoms with Crippen LogP contribution >= 0.6 is 0 Å². The average molecular weight is 739 g/mol. The first kappa shape index (κ1) is 42.6. The molecule has 5 rings (SSSR count). The minimum absolute atomic E-state index is 0.0199. The zero-order valence-corrected chi connectivity index (χ0v) is 33.5. The van der Waals surface area contributed by atoms with Gasteiger partial charge in [0.2, 0.25) is 11.8 Å². The zero-order chi connectivity index (χ0) is 39.6.